The monoisotopic (exact) mass is 608 g/mol. The standard InChI is InChI=1S/C24H32N2O2.2C2HF3O2/c1-27-22-8-6-20(7-9-22)17-26-15-12-24(19-26)10-13-25(14-11-24)18-21-4-3-5-23(16-21)28-2;2*3-2(4,5)1(6)7/h3-9,16H,10-15,17-19H2,1-2H3;2*(H,6,7). The van der Waals surface area contributed by atoms with Gasteiger partial charge in [-0.15, -0.1) is 0 Å². The van der Waals surface area contributed by atoms with E-state index in [9.17, 15) is 26.3 Å². The first-order chi connectivity index (χ1) is 19.6. The molecule has 2 fully saturated rings. The van der Waals surface area contributed by atoms with E-state index in [1.807, 2.05) is 6.07 Å². The molecule has 0 unspecified atom stereocenters. The highest BCUT2D eigenvalue weighted by Gasteiger charge is 2.40. The second kappa shape index (κ2) is 15.1. The van der Waals surface area contributed by atoms with Gasteiger partial charge < -0.3 is 19.7 Å². The van der Waals surface area contributed by atoms with Crippen LogP contribution in [0.5, 0.6) is 11.5 Å². The number of likely N-dealkylation sites (tertiary alicyclic amines) is 2. The van der Waals surface area contributed by atoms with Crippen molar-refractivity contribution in [3.05, 3.63) is 59.7 Å². The largest absolute Gasteiger partial charge is 0.497 e. The zero-order valence-electron chi connectivity index (χ0n) is 23.2. The molecule has 0 amide bonds. The predicted molar refractivity (Wildman–Crippen MR) is 140 cm³/mol. The van der Waals surface area contributed by atoms with Crippen molar-refractivity contribution in [2.24, 2.45) is 5.41 Å². The normalized spacial score (nSPS) is 17.0. The summed E-state index contributed by atoms with van der Waals surface area (Å²) >= 11 is 0. The summed E-state index contributed by atoms with van der Waals surface area (Å²) in [7, 11) is 3.46. The van der Waals surface area contributed by atoms with Crippen molar-refractivity contribution in [2.45, 2.75) is 44.7 Å². The van der Waals surface area contributed by atoms with Gasteiger partial charge in [-0.05, 0) is 79.7 Å². The molecule has 2 aromatic rings. The van der Waals surface area contributed by atoms with E-state index in [1.54, 1.807) is 14.2 Å². The van der Waals surface area contributed by atoms with E-state index >= 15 is 0 Å². The molecule has 2 saturated heterocycles. The molecule has 0 atom stereocenters. The van der Waals surface area contributed by atoms with Gasteiger partial charge in [0.05, 0.1) is 14.2 Å². The topological polar surface area (TPSA) is 99.5 Å². The molecule has 0 saturated carbocycles. The van der Waals surface area contributed by atoms with Gasteiger partial charge in [-0.1, -0.05) is 24.3 Å². The number of methoxy groups -OCH3 is 2. The summed E-state index contributed by atoms with van der Waals surface area (Å²) < 4.78 is 74.1. The van der Waals surface area contributed by atoms with Crippen LogP contribution in [0.2, 0.25) is 0 Å². The summed E-state index contributed by atoms with van der Waals surface area (Å²) in [5.41, 5.74) is 3.26. The first-order valence-electron chi connectivity index (χ1n) is 12.9. The minimum atomic E-state index is -5.08. The molecule has 14 heteroatoms. The number of aliphatic carboxylic acids is 2. The Morgan fingerprint density at radius 3 is 1.64 bits per heavy atom. The maximum Gasteiger partial charge on any atom is 0.490 e. The van der Waals surface area contributed by atoms with Crippen molar-refractivity contribution < 1.29 is 55.6 Å². The molecule has 8 nitrogen and oxygen atoms in total. The molecule has 2 aliphatic rings. The molecular formula is C28H34F6N2O6. The molecule has 0 radical (unpaired) electrons. The molecule has 2 aliphatic heterocycles. The van der Waals surface area contributed by atoms with Crippen LogP contribution in [0.15, 0.2) is 48.5 Å². The lowest BCUT2D eigenvalue weighted by Gasteiger charge is -2.39. The highest BCUT2D eigenvalue weighted by Crippen LogP contribution is 2.41. The Morgan fingerprint density at radius 2 is 1.19 bits per heavy atom. The van der Waals surface area contributed by atoms with Crippen molar-refractivity contribution >= 4 is 11.9 Å². The first kappa shape index (κ1) is 34.7. The number of halogens is 6. The number of rotatable bonds is 6. The van der Waals surface area contributed by atoms with Crippen LogP contribution in [0.3, 0.4) is 0 Å². The van der Waals surface area contributed by atoms with E-state index < -0.39 is 24.3 Å². The highest BCUT2D eigenvalue weighted by molar-refractivity contribution is 5.73. The minimum Gasteiger partial charge on any atom is -0.497 e. The number of carbonyl (C=O) groups is 2. The number of hydrogen-bond donors (Lipinski definition) is 2. The number of nitrogens with zero attached hydrogens (tertiary/aromatic N) is 2. The lowest BCUT2D eigenvalue weighted by atomic mass is 9.77. The second-order valence-electron chi connectivity index (χ2n) is 10.0. The minimum absolute atomic E-state index is 0.525. The van der Waals surface area contributed by atoms with Crippen molar-refractivity contribution in [1.82, 2.24) is 9.80 Å². The van der Waals surface area contributed by atoms with E-state index in [2.05, 4.69) is 52.3 Å². The van der Waals surface area contributed by atoms with Crippen molar-refractivity contribution in [3.8, 4) is 11.5 Å². The molecule has 234 valence electrons. The number of hydrogen-bond acceptors (Lipinski definition) is 6. The summed E-state index contributed by atoms with van der Waals surface area (Å²) in [4.78, 5) is 23.0. The van der Waals surface area contributed by atoms with Crippen molar-refractivity contribution in [3.63, 3.8) is 0 Å². The molecule has 42 heavy (non-hydrogen) atoms. The zero-order valence-corrected chi connectivity index (χ0v) is 23.2. The lowest BCUT2D eigenvalue weighted by molar-refractivity contribution is -0.193. The zero-order chi connectivity index (χ0) is 31.6. The van der Waals surface area contributed by atoms with Crippen molar-refractivity contribution in [1.29, 1.82) is 0 Å². The fraction of sp³-hybridized carbons (Fsp3) is 0.500. The van der Waals surface area contributed by atoms with Crippen molar-refractivity contribution in [2.75, 3.05) is 40.4 Å². The summed E-state index contributed by atoms with van der Waals surface area (Å²) in [6, 6.07) is 17.0. The molecule has 4 rings (SSSR count). The fourth-order valence-corrected chi connectivity index (χ4v) is 4.77. The average molecular weight is 609 g/mol. The molecular weight excluding hydrogens is 574 g/mol. The van der Waals surface area contributed by atoms with E-state index in [1.165, 1.54) is 56.6 Å². The maximum absolute atomic E-state index is 10.6. The lowest BCUT2D eigenvalue weighted by Crippen LogP contribution is -2.41. The van der Waals surface area contributed by atoms with Crippen LogP contribution in [0.4, 0.5) is 26.3 Å². The first-order valence-corrected chi connectivity index (χ1v) is 12.9. The number of carboxylic acid groups (broad SMARTS) is 2. The maximum atomic E-state index is 10.6. The summed E-state index contributed by atoms with van der Waals surface area (Å²) in [6.45, 7) is 6.96. The number of carboxylic acids is 2. The van der Waals surface area contributed by atoms with E-state index in [0.717, 1.165) is 24.6 Å². The number of piperidine rings is 1. The third-order valence-electron chi connectivity index (χ3n) is 7.02. The summed E-state index contributed by atoms with van der Waals surface area (Å²) in [5.74, 6) is -3.62. The van der Waals surface area contributed by atoms with Gasteiger partial charge in [0.2, 0.25) is 0 Å². The Balaban J connectivity index is 0.000000367. The third kappa shape index (κ3) is 11.4. The van der Waals surface area contributed by atoms with E-state index in [4.69, 9.17) is 29.3 Å². The Hall–Kier alpha value is -3.52. The molecule has 0 aliphatic carbocycles. The molecule has 2 heterocycles. The fourth-order valence-electron chi connectivity index (χ4n) is 4.77. The van der Waals surface area contributed by atoms with Crippen LogP contribution in [-0.2, 0) is 22.7 Å². The van der Waals surface area contributed by atoms with E-state index in [0.29, 0.717) is 5.41 Å². The van der Waals surface area contributed by atoms with Gasteiger partial charge in [0.25, 0.3) is 0 Å². The number of ether oxygens (including phenoxy) is 2. The summed E-state index contributed by atoms with van der Waals surface area (Å²) in [5, 5.41) is 14.2. The van der Waals surface area contributed by atoms with Gasteiger partial charge in [-0.3, -0.25) is 9.80 Å². The van der Waals surface area contributed by atoms with Gasteiger partial charge in [0, 0.05) is 19.6 Å². The Kier molecular flexibility index (Phi) is 12.5. The van der Waals surface area contributed by atoms with Crippen LogP contribution in [-0.4, -0.2) is 84.7 Å². The average Bonchev–Trinajstić information content (AvgIpc) is 3.32. The Bertz CT molecular complexity index is 1120. The van der Waals surface area contributed by atoms with Crippen LogP contribution >= 0.6 is 0 Å². The molecule has 2 N–H and O–H groups in total. The van der Waals surface area contributed by atoms with Crippen LogP contribution in [0, 0.1) is 5.41 Å². The van der Waals surface area contributed by atoms with Gasteiger partial charge in [0.15, 0.2) is 0 Å². The SMILES string of the molecule is COc1ccc(CN2CCC3(CCN(Cc4cccc(OC)c4)CC3)C2)cc1.O=C(O)C(F)(F)F.O=C(O)C(F)(F)F. The Morgan fingerprint density at radius 1 is 0.738 bits per heavy atom. The highest BCUT2D eigenvalue weighted by atomic mass is 19.4. The predicted octanol–water partition coefficient (Wildman–Crippen LogP) is 5.46. The number of alkyl halides is 6. The second-order valence-corrected chi connectivity index (χ2v) is 10.0. The van der Waals surface area contributed by atoms with Gasteiger partial charge in [0.1, 0.15) is 11.5 Å². The van der Waals surface area contributed by atoms with Gasteiger partial charge in [-0.25, -0.2) is 9.59 Å². The molecule has 1 spiro atoms. The van der Waals surface area contributed by atoms with Gasteiger partial charge in [-0.2, -0.15) is 26.3 Å². The summed E-state index contributed by atoms with van der Waals surface area (Å²) in [6.07, 6.45) is -6.19. The van der Waals surface area contributed by atoms with Crippen LogP contribution in [0.25, 0.3) is 0 Å². The smallest absolute Gasteiger partial charge is 0.490 e. The third-order valence-corrected chi connectivity index (χ3v) is 7.02. The number of benzene rings is 2. The van der Waals surface area contributed by atoms with Gasteiger partial charge >= 0.3 is 24.3 Å². The molecule has 0 bridgehead atoms. The molecule has 2 aromatic carbocycles. The van der Waals surface area contributed by atoms with Crippen LogP contribution in [0.1, 0.15) is 30.4 Å². The van der Waals surface area contributed by atoms with Crippen LogP contribution < -0.4 is 9.47 Å². The van der Waals surface area contributed by atoms with E-state index in [-0.39, 0.29) is 0 Å². The quantitative estimate of drug-likeness (QED) is 0.418. The molecule has 0 aromatic heterocycles. The Labute approximate surface area is 239 Å².